The molecule has 35 heavy (non-hydrogen) atoms. The van der Waals surface area contributed by atoms with Gasteiger partial charge >= 0.3 is 0 Å². The van der Waals surface area contributed by atoms with Gasteiger partial charge in [0, 0.05) is 20.6 Å². The first-order valence-electron chi connectivity index (χ1n) is 10.6. The Kier molecular flexibility index (Phi) is 6.59. The highest BCUT2D eigenvalue weighted by atomic mass is 35.5. The number of imide groups is 1. The van der Waals surface area contributed by atoms with E-state index in [9.17, 15) is 9.59 Å². The minimum absolute atomic E-state index is 0.155. The lowest BCUT2D eigenvalue weighted by molar-refractivity contribution is -0.120. The van der Waals surface area contributed by atoms with Crippen LogP contribution in [-0.2, 0) is 9.59 Å². The number of anilines is 2. The van der Waals surface area contributed by atoms with Crippen molar-refractivity contribution in [2.24, 2.45) is 0 Å². The van der Waals surface area contributed by atoms with Crippen LogP contribution in [0.5, 0.6) is 0 Å². The van der Waals surface area contributed by atoms with Gasteiger partial charge in [-0.2, -0.15) is 0 Å². The molecule has 0 spiro atoms. The monoisotopic (exact) mass is 517 g/mol. The highest BCUT2D eigenvalue weighted by Crippen LogP contribution is 2.35. The fourth-order valence-electron chi connectivity index (χ4n) is 3.61. The van der Waals surface area contributed by atoms with E-state index in [2.05, 4.69) is 5.32 Å². The lowest BCUT2D eigenvalue weighted by Crippen LogP contribution is -2.32. The number of pyridine rings is 1. The van der Waals surface area contributed by atoms with Gasteiger partial charge in [0.2, 0.25) is 0 Å². The third kappa shape index (κ3) is 4.95. The van der Waals surface area contributed by atoms with Crippen LogP contribution in [0.4, 0.5) is 11.4 Å². The summed E-state index contributed by atoms with van der Waals surface area (Å²) in [5, 5.41) is 5.02. The molecule has 172 valence electrons. The third-order valence-electron chi connectivity index (χ3n) is 5.23. The molecule has 2 amide bonds. The van der Waals surface area contributed by atoms with E-state index in [-0.39, 0.29) is 11.3 Å². The van der Waals surface area contributed by atoms with Gasteiger partial charge < -0.3 is 5.32 Å². The van der Waals surface area contributed by atoms with E-state index >= 15 is 0 Å². The first-order chi connectivity index (χ1) is 17.0. The highest BCUT2D eigenvalue weighted by Gasteiger charge is 2.41. The van der Waals surface area contributed by atoms with Crippen molar-refractivity contribution in [2.75, 3.05) is 10.2 Å². The molecule has 0 aliphatic carbocycles. The number of amides is 2. The number of hydrogen-bond acceptors (Lipinski definition) is 5. The molecule has 0 fully saturated rings. The predicted molar refractivity (Wildman–Crippen MR) is 141 cm³/mol. The van der Waals surface area contributed by atoms with Gasteiger partial charge in [0.25, 0.3) is 11.8 Å². The lowest BCUT2D eigenvalue weighted by atomic mass is 10.1. The smallest absolute Gasteiger partial charge is 0.282 e. The molecule has 1 N–H and O–H groups in total. The van der Waals surface area contributed by atoms with Crippen molar-refractivity contribution in [2.45, 2.75) is 9.92 Å². The second-order valence-corrected chi connectivity index (χ2v) is 9.55. The molecular formula is C27H17Cl2N3O2S. The molecule has 0 radical (unpaired) electrons. The number of halogens is 2. The summed E-state index contributed by atoms with van der Waals surface area (Å²) in [7, 11) is 0. The zero-order valence-corrected chi connectivity index (χ0v) is 20.4. The van der Waals surface area contributed by atoms with Crippen molar-refractivity contribution in [3.05, 3.63) is 118 Å². The van der Waals surface area contributed by atoms with Gasteiger partial charge in [-0.3, -0.25) is 9.59 Å². The zero-order valence-electron chi connectivity index (χ0n) is 18.1. The van der Waals surface area contributed by atoms with E-state index in [1.807, 2.05) is 30.3 Å². The summed E-state index contributed by atoms with van der Waals surface area (Å²) in [4.78, 5) is 33.9. The van der Waals surface area contributed by atoms with Crippen LogP contribution in [-0.4, -0.2) is 16.8 Å². The Labute approximate surface area is 216 Å². The standard InChI is InChI=1S/C27H17Cl2N3O2S/c28-17-9-13-19(14-10-17)30-25-24(26(33)32(27(25)34)20-5-2-1-3-6-20)22-7-4-8-23(31-22)35-21-15-11-18(29)12-16-21/h1-16,30H. The Bertz CT molecular complexity index is 1440. The zero-order chi connectivity index (χ0) is 24.4. The van der Waals surface area contributed by atoms with E-state index in [1.54, 1.807) is 66.7 Å². The summed E-state index contributed by atoms with van der Waals surface area (Å²) in [6, 6.07) is 28.5. The Morgan fingerprint density at radius 3 is 2.06 bits per heavy atom. The molecule has 0 atom stereocenters. The average Bonchev–Trinajstić information content (AvgIpc) is 3.11. The van der Waals surface area contributed by atoms with Crippen molar-refractivity contribution < 1.29 is 9.59 Å². The van der Waals surface area contributed by atoms with E-state index in [0.717, 1.165) is 9.80 Å². The summed E-state index contributed by atoms with van der Waals surface area (Å²) in [6.45, 7) is 0. The van der Waals surface area contributed by atoms with Crippen molar-refractivity contribution in [3.63, 3.8) is 0 Å². The second kappa shape index (κ2) is 9.96. The molecule has 0 bridgehead atoms. The topological polar surface area (TPSA) is 62.3 Å². The molecule has 0 unspecified atom stereocenters. The maximum atomic E-state index is 13.6. The van der Waals surface area contributed by atoms with Crippen LogP contribution in [0.15, 0.2) is 113 Å². The van der Waals surface area contributed by atoms with E-state index in [0.29, 0.717) is 32.1 Å². The molecular weight excluding hydrogens is 501 g/mol. The number of nitrogens with zero attached hydrogens (tertiary/aromatic N) is 2. The molecule has 5 nitrogen and oxygen atoms in total. The van der Waals surface area contributed by atoms with Crippen LogP contribution in [0.3, 0.4) is 0 Å². The lowest BCUT2D eigenvalue weighted by Gasteiger charge is -2.15. The number of rotatable bonds is 6. The van der Waals surface area contributed by atoms with E-state index in [4.69, 9.17) is 28.2 Å². The Morgan fingerprint density at radius 1 is 0.714 bits per heavy atom. The van der Waals surface area contributed by atoms with Crippen molar-refractivity contribution in [3.8, 4) is 0 Å². The minimum atomic E-state index is -0.455. The molecule has 8 heteroatoms. The summed E-state index contributed by atoms with van der Waals surface area (Å²) in [5.74, 6) is -0.900. The largest absolute Gasteiger partial charge is 0.350 e. The molecule has 1 aromatic heterocycles. The van der Waals surface area contributed by atoms with Gasteiger partial charge in [-0.15, -0.1) is 0 Å². The number of para-hydroxylation sites is 1. The number of aromatic nitrogens is 1. The summed E-state index contributed by atoms with van der Waals surface area (Å²) >= 11 is 13.4. The maximum absolute atomic E-state index is 13.6. The van der Waals surface area contributed by atoms with Crippen LogP contribution in [0, 0.1) is 0 Å². The molecule has 1 aliphatic rings. The van der Waals surface area contributed by atoms with Crippen LogP contribution in [0.25, 0.3) is 5.57 Å². The van der Waals surface area contributed by atoms with Crippen LogP contribution in [0.2, 0.25) is 10.0 Å². The second-order valence-electron chi connectivity index (χ2n) is 7.58. The Hall–Kier alpha value is -3.58. The van der Waals surface area contributed by atoms with E-state index in [1.165, 1.54) is 11.8 Å². The van der Waals surface area contributed by atoms with Gasteiger partial charge in [-0.05, 0) is 72.8 Å². The first-order valence-corrected chi connectivity index (χ1v) is 12.2. The highest BCUT2D eigenvalue weighted by molar-refractivity contribution is 7.99. The van der Waals surface area contributed by atoms with Gasteiger partial charge in [0.05, 0.1) is 17.0 Å². The fraction of sp³-hybridized carbons (Fsp3) is 0. The molecule has 0 saturated carbocycles. The third-order valence-corrected chi connectivity index (χ3v) is 6.68. The maximum Gasteiger partial charge on any atom is 0.282 e. The number of carbonyl (C=O) groups is 2. The number of benzene rings is 3. The summed E-state index contributed by atoms with van der Waals surface area (Å²) in [5.41, 5.74) is 1.87. The van der Waals surface area contributed by atoms with Gasteiger partial charge in [0.15, 0.2) is 0 Å². The molecule has 2 heterocycles. The summed E-state index contributed by atoms with van der Waals surface area (Å²) in [6.07, 6.45) is 0. The normalized spacial score (nSPS) is 13.5. The average molecular weight is 518 g/mol. The van der Waals surface area contributed by atoms with Gasteiger partial charge in [-0.1, -0.05) is 59.2 Å². The number of nitrogens with one attached hydrogen (secondary N) is 1. The Balaban J connectivity index is 1.56. The van der Waals surface area contributed by atoms with Crippen LogP contribution < -0.4 is 10.2 Å². The van der Waals surface area contributed by atoms with E-state index < -0.39 is 11.8 Å². The number of carbonyl (C=O) groups excluding carboxylic acids is 2. The summed E-state index contributed by atoms with van der Waals surface area (Å²) < 4.78 is 0. The van der Waals surface area contributed by atoms with Crippen LogP contribution in [0.1, 0.15) is 5.69 Å². The van der Waals surface area contributed by atoms with Crippen LogP contribution >= 0.6 is 35.0 Å². The van der Waals surface area contributed by atoms with Gasteiger partial charge in [-0.25, -0.2) is 9.88 Å². The SMILES string of the molecule is O=C1C(Nc2ccc(Cl)cc2)=C(c2cccc(Sc3ccc(Cl)cc3)n2)C(=O)N1c1ccccc1. The molecule has 0 saturated heterocycles. The van der Waals surface area contributed by atoms with Gasteiger partial charge in [0.1, 0.15) is 10.7 Å². The number of hydrogen-bond donors (Lipinski definition) is 1. The molecule has 1 aliphatic heterocycles. The molecule has 3 aromatic carbocycles. The van der Waals surface area contributed by atoms with Crippen molar-refractivity contribution >= 4 is 63.7 Å². The molecule has 4 aromatic rings. The predicted octanol–water partition coefficient (Wildman–Crippen LogP) is 6.94. The Morgan fingerprint density at radius 2 is 1.37 bits per heavy atom. The first kappa shape index (κ1) is 23.2. The van der Waals surface area contributed by atoms with Crippen molar-refractivity contribution in [1.82, 2.24) is 4.98 Å². The molecule has 5 rings (SSSR count). The minimum Gasteiger partial charge on any atom is -0.350 e. The van der Waals surface area contributed by atoms with Crippen molar-refractivity contribution in [1.29, 1.82) is 0 Å². The fourth-order valence-corrected chi connectivity index (χ4v) is 4.66. The quantitative estimate of drug-likeness (QED) is 0.280.